The second kappa shape index (κ2) is 7.06. The molecule has 1 unspecified atom stereocenters. The fraction of sp³-hybridized carbons (Fsp3) is 0.533. The second-order valence-electron chi connectivity index (χ2n) is 5.13. The lowest BCUT2D eigenvalue weighted by Gasteiger charge is -2.11. The van der Waals surface area contributed by atoms with Crippen LogP contribution in [0.25, 0.3) is 0 Å². The Morgan fingerprint density at radius 3 is 2.38 bits per heavy atom. The molecule has 0 saturated carbocycles. The van der Waals surface area contributed by atoms with Crippen LogP contribution < -0.4 is 5.32 Å². The molecule has 0 aromatic carbocycles. The van der Waals surface area contributed by atoms with Crippen LogP contribution in [0.5, 0.6) is 0 Å². The first kappa shape index (κ1) is 16.9. The average Bonchev–Trinajstić information content (AvgIpc) is 2.71. The number of rotatable bonds is 6. The number of carbonyl (C=O) groups excluding carboxylic acids is 3. The van der Waals surface area contributed by atoms with E-state index in [9.17, 15) is 14.4 Å². The van der Waals surface area contributed by atoms with Crippen molar-refractivity contribution in [3.8, 4) is 0 Å². The number of ketones is 1. The highest BCUT2D eigenvalue weighted by Crippen LogP contribution is 2.19. The minimum absolute atomic E-state index is 0.0370. The third-order valence-corrected chi connectivity index (χ3v) is 3.35. The van der Waals surface area contributed by atoms with Crippen LogP contribution in [-0.2, 0) is 9.53 Å². The van der Waals surface area contributed by atoms with Crippen LogP contribution >= 0.6 is 0 Å². The summed E-state index contributed by atoms with van der Waals surface area (Å²) in [6.07, 6.45) is 0.802. The summed E-state index contributed by atoms with van der Waals surface area (Å²) >= 11 is 0. The number of nitrogens with one attached hydrogen (secondary N) is 2. The minimum Gasteiger partial charge on any atom is -0.451 e. The summed E-state index contributed by atoms with van der Waals surface area (Å²) in [6.45, 7) is 8.32. The zero-order valence-corrected chi connectivity index (χ0v) is 13.1. The molecule has 0 aliphatic rings. The highest BCUT2D eigenvalue weighted by Gasteiger charge is 2.21. The topological polar surface area (TPSA) is 88.3 Å². The number of hydrogen-bond donors (Lipinski definition) is 2. The van der Waals surface area contributed by atoms with Crippen LogP contribution in [0.2, 0.25) is 0 Å². The first-order valence-electron chi connectivity index (χ1n) is 6.94. The summed E-state index contributed by atoms with van der Waals surface area (Å²) in [5.74, 6) is -1.09. The van der Waals surface area contributed by atoms with Gasteiger partial charge in [0.2, 0.25) is 0 Å². The number of Topliss-reactive ketones (excluding diaryl/α,β-unsaturated/α-hetero) is 1. The molecule has 21 heavy (non-hydrogen) atoms. The van der Waals surface area contributed by atoms with Crippen molar-refractivity contribution >= 4 is 17.7 Å². The van der Waals surface area contributed by atoms with Crippen LogP contribution in [0, 0.1) is 13.8 Å². The fourth-order valence-electron chi connectivity index (χ4n) is 2.10. The average molecular weight is 294 g/mol. The quantitative estimate of drug-likeness (QED) is 0.619. The van der Waals surface area contributed by atoms with E-state index in [1.165, 1.54) is 6.92 Å². The molecule has 1 aromatic heterocycles. The second-order valence-corrected chi connectivity index (χ2v) is 5.13. The molecule has 6 heteroatoms. The Balaban J connectivity index is 2.71. The molecule has 0 radical (unpaired) electrons. The van der Waals surface area contributed by atoms with Crippen LogP contribution in [0.4, 0.5) is 0 Å². The number of carbonyl (C=O) groups is 3. The zero-order chi connectivity index (χ0) is 16.2. The summed E-state index contributed by atoms with van der Waals surface area (Å²) < 4.78 is 4.97. The smallest absolute Gasteiger partial charge is 0.355 e. The van der Waals surface area contributed by atoms with Gasteiger partial charge in [0.25, 0.3) is 5.91 Å². The van der Waals surface area contributed by atoms with Crippen LogP contribution in [0.15, 0.2) is 0 Å². The third-order valence-electron chi connectivity index (χ3n) is 3.35. The molecule has 1 heterocycles. The van der Waals surface area contributed by atoms with Gasteiger partial charge in [0.05, 0.1) is 0 Å². The van der Waals surface area contributed by atoms with Gasteiger partial charge in [-0.05, 0) is 39.7 Å². The summed E-state index contributed by atoms with van der Waals surface area (Å²) in [6, 6.07) is 0.0370. The number of H-pyrrole nitrogens is 1. The van der Waals surface area contributed by atoms with Crippen molar-refractivity contribution in [2.75, 3.05) is 6.61 Å². The van der Waals surface area contributed by atoms with E-state index in [0.717, 1.165) is 6.42 Å². The van der Waals surface area contributed by atoms with Crippen molar-refractivity contribution in [2.45, 2.75) is 47.1 Å². The summed E-state index contributed by atoms with van der Waals surface area (Å²) in [4.78, 5) is 37.9. The van der Waals surface area contributed by atoms with E-state index in [1.54, 1.807) is 13.8 Å². The van der Waals surface area contributed by atoms with E-state index in [2.05, 4.69) is 10.3 Å². The van der Waals surface area contributed by atoms with Crippen molar-refractivity contribution in [1.29, 1.82) is 0 Å². The Kier molecular flexibility index (Phi) is 5.69. The van der Waals surface area contributed by atoms with Crippen LogP contribution in [0.3, 0.4) is 0 Å². The van der Waals surface area contributed by atoms with Gasteiger partial charge in [0, 0.05) is 17.3 Å². The molecule has 1 amide bonds. The fourth-order valence-corrected chi connectivity index (χ4v) is 2.10. The Labute approximate surface area is 124 Å². The molecule has 2 N–H and O–H groups in total. The van der Waals surface area contributed by atoms with E-state index < -0.39 is 5.97 Å². The first-order chi connectivity index (χ1) is 9.77. The van der Waals surface area contributed by atoms with Gasteiger partial charge >= 0.3 is 5.97 Å². The Morgan fingerprint density at radius 1 is 1.29 bits per heavy atom. The molecule has 116 valence electrons. The van der Waals surface area contributed by atoms with Gasteiger partial charge in [-0.2, -0.15) is 0 Å². The monoisotopic (exact) mass is 294 g/mol. The maximum atomic E-state index is 12.0. The molecule has 0 bridgehead atoms. The van der Waals surface area contributed by atoms with E-state index in [4.69, 9.17) is 4.74 Å². The highest BCUT2D eigenvalue weighted by molar-refractivity contribution is 6.01. The van der Waals surface area contributed by atoms with Crippen molar-refractivity contribution in [1.82, 2.24) is 10.3 Å². The van der Waals surface area contributed by atoms with Crippen molar-refractivity contribution < 1.29 is 19.1 Å². The Morgan fingerprint density at radius 2 is 1.90 bits per heavy atom. The normalized spacial score (nSPS) is 11.9. The van der Waals surface area contributed by atoms with Crippen molar-refractivity contribution in [2.24, 2.45) is 0 Å². The van der Waals surface area contributed by atoms with Gasteiger partial charge in [-0.25, -0.2) is 4.79 Å². The highest BCUT2D eigenvalue weighted by atomic mass is 16.5. The van der Waals surface area contributed by atoms with Crippen LogP contribution in [0.1, 0.15) is 59.3 Å². The Hall–Kier alpha value is -2.11. The predicted molar refractivity (Wildman–Crippen MR) is 78.4 cm³/mol. The number of aromatic amines is 1. The molecule has 0 fully saturated rings. The van der Waals surface area contributed by atoms with Gasteiger partial charge in [0.15, 0.2) is 12.4 Å². The molecular weight excluding hydrogens is 272 g/mol. The van der Waals surface area contributed by atoms with Gasteiger partial charge in [-0.15, -0.1) is 0 Å². The number of aryl methyl sites for hydroxylation is 1. The molecule has 0 aliphatic carbocycles. The van der Waals surface area contributed by atoms with Crippen molar-refractivity contribution in [3.05, 3.63) is 22.5 Å². The number of amides is 1. The molecule has 0 spiro atoms. The van der Waals surface area contributed by atoms with E-state index >= 15 is 0 Å². The molecule has 1 aromatic rings. The van der Waals surface area contributed by atoms with Gasteiger partial charge in [-0.3, -0.25) is 9.59 Å². The lowest BCUT2D eigenvalue weighted by molar-refractivity contribution is -0.124. The lowest BCUT2D eigenvalue weighted by atomic mass is 10.1. The minimum atomic E-state index is -0.637. The zero-order valence-electron chi connectivity index (χ0n) is 13.1. The Bertz CT molecular complexity index is 560. The number of hydrogen-bond acceptors (Lipinski definition) is 4. The van der Waals surface area contributed by atoms with Crippen molar-refractivity contribution in [3.63, 3.8) is 0 Å². The molecule has 1 rings (SSSR count). The van der Waals surface area contributed by atoms with E-state index in [1.807, 2.05) is 13.8 Å². The van der Waals surface area contributed by atoms with Gasteiger partial charge in [0.1, 0.15) is 5.69 Å². The number of aromatic nitrogens is 1. The summed E-state index contributed by atoms with van der Waals surface area (Å²) in [5, 5.41) is 2.71. The first-order valence-corrected chi connectivity index (χ1v) is 6.94. The molecular formula is C15H22N2O4. The van der Waals surface area contributed by atoms with E-state index in [0.29, 0.717) is 16.8 Å². The SMILES string of the molecule is CCC(C)NC(=O)COC(=O)c1[nH]c(C)c(C(C)=O)c1C. The van der Waals surface area contributed by atoms with Gasteiger partial charge < -0.3 is 15.0 Å². The van der Waals surface area contributed by atoms with Crippen LogP contribution in [-0.4, -0.2) is 35.3 Å². The lowest BCUT2D eigenvalue weighted by Crippen LogP contribution is -2.35. The molecule has 1 atom stereocenters. The largest absolute Gasteiger partial charge is 0.451 e. The summed E-state index contributed by atoms with van der Waals surface area (Å²) in [7, 11) is 0. The van der Waals surface area contributed by atoms with Gasteiger partial charge in [-0.1, -0.05) is 6.92 Å². The maximum Gasteiger partial charge on any atom is 0.355 e. The number of ether oxygens (including phenoxy) is 1. The molecule has 6 nitrogen and oxygen atoms in total. The predicted octanol–water partition coefficient (Wildman–Crippen LogP) is 1.91. The molecule has 0 aliphatic heterocycles. The third kappa shape index (κ3) is 4.18. The standard InChI is InChI=1S/C15H22N2O4/c1-6-8(2)16-12(19)7-21-15(20)14-9(3)13(11(5)18)10(4)17-14/h8,17H,6-7H2,1-5H3,(H,16,19). The maximum absolute atomic E-state index is 12.0. The molecule has 0 saturated heterocycles. The summed E-state index contributed by atoms with van der Waals surface area (Å²) in [5.41, 5.74) is 1.88. The van der Waals surface area contributed by atoms with E-state index in [-0.39, 0.29) is 30.0 Å². The number of esters is 1.